The van der Waals surface area contributed by atoms with E-state index in [4.69, 9.17) is 5.73 Å². The highest BCUT2D eigenvalue weighted by molar-refractivity contribution is 5.90. The van der Waals surface area contributed by atoms with E-state index in [1.165, 1.54) is 4.90 Å². The fraction of sp³-hybridized carbons (Fsp3) is 0.238. The van der Waals surface area contributed by atoms with E-state index in [1.807, 2.05) is 25.1 Å². The van der Waals surface area contributed by atoms with Crippen LogP contribution in [0.3, 0.4) is 0 Å². The van der Waals surface area contributed by atoms with Crippen molar-refractivity contribution in [3.05, 3.63) is 47.8 Å². The van der Waals surface area contributed by atoms with E-state index in [9.17, 15) is 9.90 Å². The SMILES string of the molecule is Cc1ccc(C#C[C@@]2(O)CCN(C)C2=O)cc1-c1ncc2ccnc(N)c2n1. The summed E-state index contributed by atoms with van der Waals surface area (Å²) in [5, 5.41) is 11.3. The zero-order valence-corrected chi connectivity index (χ0v) is 15.6. The van der Waals surface area contributed by atoms with Gasteiger partial charge in [-0.05, 0) is 30.7 Å². The maximum atomic E-state index is 12.1. The van der Waals surface area contributed by atoms with Crippen LogP contribution in [0.25, 0.3) is 22.3 Å². The van der Waals surface area contributed by atoms with Crippen molar-refractivity contribution in [2.24, 2.45) is 0 Å². The summed E-state index contributed by atoms with van der Waals surface area (Å²) in [5.41, 5.74) is 7.35. The maximum absolute atomic E-state index is 12.1. The Hall–Kier alpha value is -3.50. The molecule has 0 spiro atoms. The third kappa shape index (κ3) is 3.04. The molecule has 1 aliphatic heterocycles. The first-order valence-electron chi connectivity index (χ1n) is 8.87. The minimum atomic E-state index is -1.63. The van der Waals surface area contributed by atoms with E-state index < -0.39 is 5.60 Å². The first kappa shape index (κ1) is 17.9. The first-order chi connectivity index (χ1) is 13.4. The lowest BCUT2D eigenvalue weighted by atomic mass is 10.0. The van der Waals surface area contributed by atoms with E-state index in [1.54, 1.807) is 25.5 Å². The van der Waals surface area contributed by atoms with Crippen molar-refractivity contribution < 1.29 is 9.90 Å². The van der Waals surface area contributed by atoms with E-state index in [2.05, 4.69) is 26.8 Å². The molecule has 140 valence electrons. The number of rotatable bonds is 1. The second-order valence-corrected chi connectivity index (χ2v) is 6.94. The molecule has 4 rings (SSSR count). The lowest BCUT2D eigenvalue weighted by molar-refractivity contribution is -0.137. The summed E-state index contributed by atoms with van der Waals surface area (Å²) in [7, 11) is 1.66. The largest absolute Gasteiger partial charge is 0.382 e. The van der Waals surface area contributed by atoms with Gasteiger partial charge in [0.05, 0.1) is 0 Å². The molecule has 3 aromatic rings. The van der Waals surface area contributed by atoms with Gasteiger partial charge in [0.25, 0.3) is 5.91 Å². The molecule has 28 heavy (non-hydrogen) atoms. The van der Waals surface area contributed by atoms with Crippen LogP contribution in [0, 0.1) is 18.8 Å². The third-order valence-electron chi connectivity index (χ3n) is 4.93. The van der Waals surface area contributed by atoms with Crippen LogP contribution < -0.4 is 5.73 Å². The maximum Gasteiger partial charge on any atom is 0.267 e. The van der Waals surface area contributed by atoms with Crippen LogP contribution in [0.4, 0.5) is 5.82 Å². The van der Waals surface area contributed by atoms with Crippen molar-refractivity contribution >= 4 is 22.6 Å². The lowest BCUT2D eigenvalue weighted by Gasteiger charge is -2.13. The van der Waals surface area contributed by atoms with Gasteiger partial charge in [-0.2, -0.15) is 0 Å². The second kappa shape index (κ2) is 6.59. The van der Waals surface area contributed by atoms with E-state index >= 15 is 0 Å². The summed E-state index contributed by atoms with van der Waals surface area (Å²) in [4.78, 5) is 26.6. The van der Waals surface area contributed by atoms with Crippen molar-refractivity contribution in [1.82, 2.24) is 19.9 Å². The van der Waals surface area contributed by atoms with Gasteiger partial charge in [0, 0.05) is 48.9 Å². The Morgan fingerprint density at radius 2 is 2.11 bits per heavy atom. The van der Waals surface area contributed by atoms with Crippen LogP contribution in [0.15, 0.2) is 36.7 Å². The molecule has 3 N–H and O–H groups in total. The number of aromatic nitrogens is 3. The zero-order valence-electron chi connectivity index (χ0n) is 15.6. The van der Waals surface area contributed by atoms with Crippen molar-refractivity contribution in [1.29, 1.82) is 0 Å². The number of nitrogens with two attached hydrogens (primary N) is 1. The van der Waals surface area contributed by atoms with Crippen LogP contribution in [-0.4, -0.2) is 50.1 Å². The molecule has 7 heteroatoms. The van der Waals surface area contributed by atoms with Gasteiger partial charge in [0.2, 0.25) is 5.60 Å². The zero-order chi connectivity index (χ0) is 19.9. The summed E-state index contributed by atoms with van der Waals surface area (Å²) >= 11 is 0. The fourth-order valence-corrected chi connectivity index (χ4v) is 3.19. The molecule has 0 unspecified atom stereocenters. The number of amides is 1. The molecule has 3 heterocycles. The Bertz CT molecular complexity index is 1160. The number of hydrogen-bond donors (Lipinski definition) is 2. The number of aryl methyl sites for hydroxylation is 1. The standard InChI is InChI=1S/C21H19N5O2/c1-13-3-4-14(5-7-21(28)8-10-26(2)20(21)27)11-16(13)19-24-12-15-6-9-23-18(22)17(15)25-19/h3-4,6,9,11-12,28H,8,10H2,1-2H3,(H2,22,23)/t21-/m1/s1. The highest BCUT2D eigenvalue weighted by Crippen LogP contribution is 2.25. The van der Waals surface area contributed by atoms with Crippen LogP contribution in [0.2, 0.25) is 0 Å². The highest BCUT2D eigenvalue weighted by atomic mass is 16.3. The van der Waals surface area contributed by atoms with Crippen LogP contribution >= 0.6 is 0 Å². The Labute approximate surface area is 162 Å². The summed E-state index contributed by atoms with van der Waals surface area (Å²) in [6, 6.07) is 7.41. The third-order valence-corrected chi connectivity index (χ3v) is 4.93. The van der Waals surface area contributed by atoms with Gasteiger partial charge in [-0.3, -0.25) is 4.79 Å². The summed E-state index contributed by atoms with van der Waals surface area (Å²) in [6.07, 6.45) is 3.63. The normalized spacial score (nSPS) is 19.0. The van der Waals surface area contributed by atoms with E-state index in [-0.39, 0.29) is 5.91 Å². The number of aliphatic hydroxyl groups is 1. The number of nitrogen functional groups attached to an aromatic ring is 1. The van der Waals surface area contributed by atoms with Gasteiger partial charge < -0.3 is 15.7 Å². The number of carbonyl (C=O) groups excluding carboxylic acids is 1. The quantitative estimate of drug-likeness (QED) is 0.627. The molecule has 1 atom stereocenters. The number of likely N-dealkylation sites (tertiary alicyclic amines) is 1. The average molecular weight is 373 g/mol. The summed E-state index contributed by atoms with van der Waals surface area (Å²) < 4.78 is 0. The number of hydrogen-bond acceptors (Lipinski definition) is 6. The van der Waals surface area contributed by atoms with Gasteiger partial charge in [-0.1, -0.05) is 17.9 Å². The second-order valence-electron chi connectivity index (χ2n) is 6.94. The molecule has 1 amide bonds. The molecule has 1 fully saturated rings. The number of likely N-dealkylation sites (N-methyl/N-ethyl adjacent to an activating group) is 1. The molecule has 1 aliphatic rings. The molecule has 0 radical (unpaired) electrons. The number of benzene rings is 1. The molecule has 1 aromatic carbocycles. The van der Waals surface area contributed by atoms with Gasteiger partial charge in [0.15, 0.2) is 5.82 Å². The van der Waals surface area contributed by atoms with E-state index in [0.717, 1.165) is 16.5 Å². The summed E-state index contributed by atoms with van der Waals surface area (Å²) in [6.45, 7) is 2.44. The number of fused-ring (bicyclic) bond motifs is 1. The molecule has 7 nitrogen and oxygen atoms in total. The molecular weight excluding hydrogens is 354 g/mol. The van der Waals surface area contributed by atoms with Gasteiger partial charge in [-0.25, -0.2) is 15.0 Å². The van der Waals surface area contributed by atoms with Crippen LogP contribution in [-0.2, 0) is 4.79 Å². The molecule has 0 aliphatic carbocycles. The van der Waals surface area contributed by atoms with Crippen LogP contribution in [0.1, 0.15) is 17.5 Å². The number of pyridine rings is 1. The van der Waals surface area contributed by atoms with Crippen molar-refractivity contribution in [2.75, 3.05) is 19.3 Å². The van der Waals surface area contributed by atoms with Crippen molar-refractivity contribution in [3.63, 3.8) is 0 Å². The molecule has 0 saturated carbocycles. The van der Waals surface area contributed by atoms with Gasteiger partial charge in [0.1, 0.15) is 11.3 Å². The smallest absolute Gasteiger partial charge is 0.267 e. The Kier molecular flexibility index (Phi) is 4.21. The Morgan fingerprint density at radius 3 is 2.86 bits per heavy atom. The Morgan fingerprint density at radius 1 is 1.29 bits per heavy atom. The van der Waals surface area contributed by atoms with E-state index in [0.29, 0.717) is 35.7 Å². The van der Waals surface area contributed by atoms with Gasteiger partial charge >= 0.3 is 0 Å². The lowest BCUT2D eigenvalue weighted by Crippen LogP contribution is -2.37. The summed E-state index contributed by atoms with van der Waals surface area (Å²) in [5.74, 6) is 6.16. The molecule has 0 bridgehead atoms. The first-order valence-corrected chi connectivity index (χ1v) is 8.87. The topological polar surface area (TPSA) is 105 Å². The minimum Gasteiger partial charge on any atom is -0.382 e. The number of anilines is 1. The monoisotopic (exact) mass is 373 g/mol. The average Bonchev–Trinajstić information content (AvgIpc) is 2.95. The highest BCUT2D eigenvalue weighted by Gasteiger charge is 2.42. The molecular formula is C21H19N5O2. The predicted octanol–water partition coefficient (Wildman–Crippen LogP) is 1.53. The number of nitrogens with zero attached hydrogens (tertiary/aromatic N) is 4. The van der Waals surface area contributed by atoms with Crippen molar-refractivity contribution in [2.45, 2.75) is 18.9 Å². The Balaban J connectivity index is 1.74. The predicted molar refractivity (Wildman–Crippen MR) is 106 cm³/mol. The number of carbonyl (C=O) groups is 1. The molecule has 2 aromatic heterocycles. The van der Waals surface area contributed by atoms with Gasteiger partial charge in [-0.15, -0.1) is 0 Å². The van der Waals surface area contributed by atoms with Crippen LogP contribution in [0.5, 0.6) is 0 Å². The van der Waals surface area contributed by atoms with Crippen molar-refractivity contribution in [3.8, 4) is 23.2 Å². The fourth-order valence-electron chi connectivity index (χ4n) is 3.19. The minimum absolute atomic E-state index is 0.300. The molecule has 1 saturated heterocycles.